The van der Waals surface area contributed by atoms with Gasteiger partial charge in [0.15, 0.2) is 0 Å². The van der Waals surface area contributed by atoms with Gasteiger partial charge in [-0.05, 0) is 13.0 Å². The van der Waals surface area contributed by atoms with Crippen molar-refractivity contribution < 1.29 is 8.78 Å². The molecule has 0 aromatic carbocycles. The molecule has 0 bridgehead atoms. The Morgan fingerprint density at radius 1 is 1.43 bits per heavy atom. The fourth-order valence-electron chi connectivity index (χ4n) is 1.05. The van der Waals surface area contributed by atoms with Gasteiger partial charge in [-0.2, -0.15) is 0 Å². The van der Waals surface area contributed by atoms with Crippen molar-refractivity contribution >= 4 is 0 Å². The van der Waals surface area contributed by atoms with Crippen LogP contribution in [0.3, 0.4) is 0 Å². The molecule has 1 aromatic heterocycles. The fraction of sp³-hybridized carbons (Fsp3) is 0.556. The number of hydrogen-bond donors (Lipinski definition) is 1. The van der Waals surface area contributed by atoms with Gasteiger partial charge in [0.1, 0.15) is 11.5 Å². The predicted molar refractivity (Wildman–Crippen MR) is 49.2 cm³/mol. The molecule has 1 rings (SSSR count). The molecule has 0 saturated heterocycles. The lowest BCUT2D eigenvalue weighted by atomic mass is 10.1. The number of rotatable bonds is 3. The van der Waals surface area contributed by atoms with Crippen molar-refractivity contribution in [1.82, 2.24) is 9.97 Å². The normalized spacial score (nSPS) is 13.3. The summed E-state index contributed by atoms with van der Waals surface area (Å²) in [5.41, 5.74) is 5.73. The van der Waals surface area contributed by atoms with Gasteiger partial charge in [0.05, 0.1) is 0 Å². The summed E-state index contributed by atoms with van der Waals surface area (Å²) in [4.78, 5) is 7.83. The second kappa shape index (κ2) is 4.41. The molecule has 0 saturated carbocycles. The minimum Gasteiger partial charge on any atom is -0.330 e. The number of alkyl halides is 2. The second-order valence-corrected chi connectivity index (χ2v) is 3.23. The molecular formula is C9H13F2N3. The average Bonchev–Trinajstić information content (AvgIpc) is 2.15. The zero-order valence-electron chi connectivity index (χ0n) is 8.17. The Bertz CT molecular complexity index is 315. The molecule has 1 heterocycles. The molecule has 0 aliphatic heterocycles. The molecule has 0 spiro atoms. The maximum absolute atomic E-state index is 12.4. The lowest BCUT2D eigenvalue weighted by Gasteiger charge is -2.09. The second-order valence-electron chi connectivity index (χ2n) is 3.23. The smallest absolute Gasteiger partial charge is 0.280 e. The van der Waals surface area contributed by atoms with Crippen LogP contribution in [0.2, 0.25) is 0 Å². The van der Waals surface area contributed by atoms with E-state index < -0.39 is 6.43 Å². The number of aryl methyl sites for hydroxylation is 1. The van der Waals surface area contributed by atoms with E-state index in [0.29, 0.717) is 18.1 Å². The summed E-state index contributed by atoms with van der Waals surface area (Å²) in [6.07, 6.45) is -2.56. The molecular weight excluding hydrogens is 188 g/mol. The molecule has 1 atom stereocenters. The summed E-state index contributed by atoms with van der Waals surface area (Å²) in [6, 6.07) is 1.29. The fourth-order valence-corrected chi connectivity index (χ4v) is 1.05. The van der Waals surface area contributed by atoms with Gasteiger partial charge in [0.25, 0.3) is 6.43 Å². The number of nitrogens with zero attached hydrogens (tertiary/aromatic N) is 2. The molecule has 0 aliphatic rings. The largest absolute Gasteiger partial charge is 0.330 e. The Kier molecular flexibility index (Phi) is 3.46. The van der Waals surface area contributed by atoms with E-state index in [0.717, 1.165) is 0 Å². The zero-order valence-corrected chi connectivity index (χ0v) is 8.17. The van der Waals surface area contributed by atoms with E-state index >= 15 is 0 Å². The van der Waals surface area contributed by atoms with Gasteiger partial charge < -0.3 is 5.73 Å². The van der Waals surface area contributed by atoms with Crippen molar-refractivity contribution in [3.05, 3.63) is 23.3 Å². The van der Waals surface area contributed by atoms with E-state index in [2.05, 4.69) is 9.97 Å². The number of hydrogen-bond acceptors (Lipinski definition) is 3. The monoisotopic (exact) mass is 201 g/mol. The molecule has 1 unspecified atom stereocenters. The van der Waals surface area contributed by atoms with Crippen LogP contribution in [0, 0.1) is 6.92 Å². The van der Waals surface area contributed by atoms with Gasteiger partial charge in [0.2, 0.25) is 0 Å². The Hall–Kier alpha value is -1.10. The summed E-state index contributed by atoms with van der Waals surface area (Å²) in [5.74, 6) is 0.301. The quantitative estimate of drug-likeness (QED) is 0.811. The molecule has 1 aromatic rings. The zero-order chi connectivity index (χ0) is 10.7. The van der Waals surface area contributed by atoms with Crippen molar-refractivity contribution in [2.24, 2.45) is 5.73 Å². The predicted octanol–water partition coefficient (Wildman–Crippen LogP) is 1.78. The summed E-state index contributed by atoms with van der Waals surface area (Å²) >= 11 is 0. The highest BCUT2D eigenvalue weighted by Gasteiger charge is 2.14. The van der Waals surface area contributed by atoms with Crippen LogP contribution in [-0.2, 0) is 0 Å². The third kappa shape index (κ3) is 2.45. The molecule has 5 heteroatoms. The van der Waals surface area contributed by atoms with Crippen LogP contribution in [0.1, 0.15) is 36.5 Å². The van der Waals surface area contributed by atoms with Crippen LogP contribution < -0.4 is 5.73 Å². The van der Waals surface area contributed by atoms with Crippen LogP contribution in [0.4, 0.5) is 8.78 Å². The van der Waals surface area contributed by atoms with E-state index in [1.165, 1.54) is 6.07 Å². The highest BCUT2D eigenvalue weighted by atomic mass is 19.3. The van der Waals surface area contributed by atoms with Crippen molar-refractivity contribution in [1.29, 1.82) is 0 Å². The van der Waals surface area contributed by atoms with Crippen molar-refractivity contribution in [2.45, 2.75) is 26.2 Å². The third-order valence-electron chi connectivity index (χ3n) is 1.91. The minimum absolute atomic E-state index is 0.0904. The molecule has 14 heavy (non-hydrogen) atoms. The van der Waals surface area contributed by atoms with Gasteiger partial charge in [0, 0.05) is 18.2 Å². The van der Waals surface area contributed by atoms with Crippen LogP contribution in [0.15, 0.2) is 6.07 Å². The third-order valence-corrected chi connectivity index (χ3v) is 1.91. The maximum atomic E-state index is 12.4. The first kappa shape index (κ1) is 11.0. The summed E-state index contributed by atoms with van der Waals surface area (Å²) in [5, 5.41) is 0. The standard InChI is InChI=1S/C9H13F2N3/c1-5(4-12)9-13-6(2)3-7(14-9)8(10)11/h3,5,8H,4,12H2,1-2H3. The topological polar surface area (TPSA) is 51.8 Å². The summed E-state index contributed by atoms with van der Waals surface area (Å²) in [6.45, 7) is 3.83. The number of halogens is 2. The first-order valence-electron chi connectivity index (χ1n) is 4.38. The Balaban J connectivity index is 3.07. The molecule has 2 N–H and O–H groups in total. The van der Waals surface area contributed by atoms with Crippen molar-refractivity contribution in [3.8, 4) is 0 Å². The van der Waals surface area contributed by atoms with Crippen LogP contribution in [-0.4, -0.2) is 16.5 Å². The lowest BCUT2D eigenvalue weighted by molar-refractivity contribution is 0.145. The van der Waals surface area contributed by atoms with Crippen LogP contribution >= 0.6 is 0 Å². The highest BCUT2D eigenvalue weighted by Crippen LogP contribution is 2.19. The van der Waals surface area contributed by atoms with Crippen LogP contribution in [0.5, 0.6) is 0 Å². The first-order chi connectivity index (χ1) is 6.54. The number of nitrogens with two attached hydrogens (primary N) is 1. The van der Waals surface area contributed by atoms with Gasteiger partial charge in [-0.3, -0.25) is 0 Å². The SMILES string of the molecule is Cc1cc(C(F)F)nc(C(C)CN)n1. The highest BCUT2D eigenvalue weighted by molar-refractivity contribution is 5.13. The molecule has 0 radical (unpaired) electrons. The first-order valence-corrected chi connectivity index (χ1v) is 4.38. The van der Waals surface area contributed by atoms with Gasteiger partial charge in [-0.15, -0.1) is 0 Å². The van der Waals surface area contributed by atoms with E-state index in [9.17, 15) is 8.78 Å². The lowest BCUT2D eigenvalue weighted by Crippen LogP contribution is -2.13. The number of aromatic nitrogens is 2. The Morgan fingerprint density at radius 2 is 2.07 bits per heavy atom. The van der Waals surface area contributed by atoms with E-state index in [1.54, 1.807) is 6.92 Å². The van der Waals surface area contributed by atoms with Crippen LogP contribution in [0.25, 0.3) is 0 Å². The molecule has 0 amide bonds. The van der Waals surface area contributed by atoms with Crippen molar-refractivity contribution in [3.63, 3.8) is 0 Å². The van der Waals surface area contributed by atoms with Gasteiger partial charge in [-0.1, -0.05) is 6.92 Å². The summed E-state index contributed by atoms with van der Waals surface area (Å²) in [7, 11) is 0. The van der Waals surface area contributed by atoms with E-state index in [-0.39, 0.29) is 11.6 Å². The minimum atomic E-state index is -2.56. The van der Waals surface area contributed by atoms with Crippen molar-refractivity contribution in [2.75, 3.05) is 6.54 Å². The van der Waals surface area contributed by atoms with Gasteiger partial charge >= 0.3 is 0 Å². The Labute approximate surface area is 81.4 Å². The molecule has 3 nitrogen and oxygen atoms in total. The van der Waals surface area contributed by atoms with E-state index in [1.807, 2.05) is 6.92 Å². The Morgan fingerprint density at radius 3 is 2.57 bits per heavy atom. The molecule has 0 aliphatic carbocycles. The van der Waals surface area contributed by atoms with Gasteiger partial charge in [-0.25, -0.2) is 18.7 Å². The average molecular weight is 201 g/mol. The molecule has 0 fully saturated rings. The molecule has 78 valence electrons. The summed E-state index contributed by atoms with van der Waals surface area (Å²) < 4.78 is 24.7. The maximum Gasteiger partial charge on any atom is 0.280 e. The van der Waals surface area contributed by atoms with E-state index in [4.69, 9.17) is 5.73 Å².